The lowest BCUT2D eigenvalue weighted by Crippen LogP contribution is -2.07. The summed E-state index contributed by atoms with van der Waals surface area (Å²) in [5.74, 6) is 5.19. The number of rotatable bonds is 8. The van der Waals surface area contributed by atoms with Crippen LogP contribution in [0.5, 0.6) is 0 Å². The number of hydrogen-bond donors (Lipinski definition) is 0. The van der Waals surface area contributed by atoms with Crippen LogP contribution < -0.4 is 0 Å². The van der Waals surface area contributed by atoms with E-state index in [1.807, 2.05) is 36.4 Å². The van der Waals surface area contributed by atoms with Crippen molar-refractivity contribution >= 4 is 0 Å². The van der Waals surface area contributed by atoms with Crippen LogP contribution in [0.1, 0.15) is 104 Å². The van der Waals surface area contributed by atoms with Gasteiger partial charge in [0, 0.05) is 33.4 Å². The Balaban J connectivity index is 1.17. The molecule has 0 saturated heterocycles. The zero-order chi connectivity index (χ0) is 38.7. The summed E-state index contributed by atoms with van der Waals surface area (Å²) in [6.45, 7) is 6.44. The normalized spacial score (nSPS) is 15.1. The molecule has 0 radical (unpaired) electrons. The fourth-order valence-corrected chi connectivity index (χ4v) is 9.22. The molecule has 5 aromatic carbocycles. The van der Waals surface area contributed by atoms with Crippen LogP contribution in [0.3, 0.4) is 0 Å². The SMILES string of the molecule is Cc1cc(C)c(-c2nc(-c3ccccc3)nc(-c3ccc(C4CCCCC4)cc3)n2)c(C)c1-c1nc(-c2ccccc2)nc(-c2ccc(C3CCCCC3)cc2)n1. The minimum atomic E-state index is 0.636. The van der Waals surface area contributed by atoms with E-state index in [0.717, 1.165) is 50.1 Å². The van der Waals surface area contributed by atoms with E-state index in [9.17, 15) is 0 Å². The molecule has 0 atom stereocenters. The average Bonchev–Trinajstić information content (AvgIpc) is 3.27. The molecule has 9 rings (SSSR count). The van der Waals surface area contributed by atoms with E-state index in [2.05, 4.69) is 99.6 Å². The van der Waals surface area contributed by atoms with Gasteiger partial charge in [-0.25, -0.2) is 29.9 Å². The van der Waals surface area contributed by atoms with Crippen molar-refractivity contribution in [3.05, 3.63) is 143 Å². The first-order valence-electron chi connectivity index (χ1n) is 20.9. The molecular weight excluding hydrogens is 697 g/mol. The lowest BCUT2D eigenvalue weighted by atomic mass is 9.84. The number of aryl methyl sites for hydroxylation is 2. The van der Waals surface area contributed by atoms with Gasteiger partial charge in [0.25, 0.3) is 0 Å². The van der Waals surface area contributed by atoms with Crippen LogP contribution in [0.2, 0.25) is 0 Å². The van der Waals surface area contributed by atoms with Crippen molar-refractivity contribution < 1.29 is 0 Å². The highest BCUT2D eigenvalue weighted by Gasteiger charge is 2.23. The Hall–Kier alpha value is -5.88. The predicted molar refractivity (Wildman–Crippen MR) is 232 cm³/mol. The van der Waals surface area contributed by atoms with E-state index >= 15 is 0 Å². The highest BCUT2D eigenvalue weighted by atomic mass is 15.0. The van der Waals surface area contributed by atoms with Gasteiger partial charge in [-0.05, 0) is 86.1 Å². The maximum atomic E-state index is 5.23. The van der Waals surface area contributed by atoms with E-state index < -0.39 is 0 Å². The summed E-state index contributed by atoms with van der Waals surface area (Å²) in [6, 6.07) is 40.5. The van der Waals surface area contributed by atoms with Crippen molar-refractivity contribution in [3.8, 4) is 68.3 Å². The molecule has 2 heterocycles. The minimum absolute atomic E-state index is 0.636. The van der Waals surface area contributed by atoms with Crippen molar-refractivity contribution in [2.45, 2.75) is 96.8 Å². The molecule has 57 heavy (non-hydrogen) atoms. The molecule has 2 aromatic heterocycles. The summed E-state index contributed by atoms with van der Waals surface area (Å²) in [6.07, 6.45) is 13.0. The van der Waals surface area contributed by atoms with Gasteiger partial charge in [0.1, 0.15) is 0 Å². The highest BCUT2D eigenvalue weighted by Crippen LogP contribution is 2.39. The standard InChI is InChI=1S/C51H50N6/c1-33-32-34(2)45(51-55-47(41-22-14-7-15-23-41)53-49(57-51)43-30-26-39(27-31-43)37-18-10-5-11-19-37)35(3)44(33)50-54-46(40-20-12-6-13-21-40)52-48(56-50)42-28-24-38(25-29-42)36-16-8-4-9-17-36/h6-7,12-15,20-32,36-37H,4-5,8-11,16-19H2,1-3H3. The van der Waals surface area contributed by atoms with Crippen LogP contribution in [-0.4, -0.2) is 29.9 Å². The predicted octanol–water partition coefficient (Wildman–Crippen LogP) is 13.1. The summed E-state index contributed by atoms with van der Waals surface area (Å²) in [5, 5.41) is 0. The molecule has 0 spiro atoms. The highest BCUT2D eigenvalue weighted by molar-refractivity contribution is 5.80. The topological polar surface area (TPSA) is 77.3 Å². The number of nitrogens with zero attached hydrogens (tertiary/aromatic N) is 6. The largest absolute Gasteiger partial charge is 0.208 e. The molecule has 6 nitrogen and oxygen atoms in total. The second kappa shape index (κ2) is 16.3. The molecule has 0 amide bonds. The van der Waals surface area contributed by atoms with Gasteiger partial charge < -0.3 is 0 Å². The van der Waals surface area contributed by atoms with Crippen LogP contribution in [0, 0.1) is 20.8 Å². The molecule has 7 aromatic rings. The molecular formula is C51H50N6. The third-order valence-electron chi connectivity index (χ3n) is 12.2. The molecule has 0 unspecified atom stereocenters. The summed E-state index contributed by atoms with van der Waals surface area (Å²) in [5.41, 5.74) is 11.9. The van der Waals surface area contributed by atoms with Crippen LogP contribution in [0.4, 0.5) is 0 Å². The Morgan fingerprint density at radius 3 is 1.02 bits per heavy atom. The molecule has 6 heteroatoms. The lowest BCUT2D eigenvalue weighted by molar-refractivity contribution is 0.443. The summed E-state index contributed by atoms with van der Waals surface area (Å²) >= 11 is 0. The Morgan fingerprint density at radius 1 is 0.351 bits per heavy atom. The molecule has 0 bridgehead atoms. The van der Waals surface area contributed by atoms with Crippen molar-refractivity contribution in [2.24, 2.45) is 0 Å². The zero-order valence-corrected chi connectivity index (χ0v) is 33.4. The monoisotopic (exact) mass is 746 g/mol. The summed E-state index contributed by atoms with van der Waals surface area (Å²) in [7, 11) is 0. The first kappa shape index (κ1) is 36.7. The number of aromatic nitrogens is 6. The van der Waals surface area contributed by atoms with Crippen LogP contribution in [-0.2, 0) is 0 Å². The van der Waals surface area contributed by atoms with Crippen molar-refractivity contribution in [1.29, 1.82) is 0 Å². The average molecular weight is 747 g/mol. The van der Waals surface area contributed by atoms with Gasteiger partial charge in [-0.1, -0.05) is 154 Å². The zero-order valence-electron chi connectivity index (χ0n) is 33.4. The van der Waals surface area contributed by atoms with E-state index in [1.165, 1.54) is 75.3 Å². The molecule has 2 saturated carbocycles. The first-order chi connectivity index (χ1) is 28.0. The van der Waals surface area contributed by atoms with E-state index in [-0.39, 0.29) is 0 Å². The third-order valence-corrected chi connectivity index (χ3v) is 12.2. The van der Waals surface area contributed by atoms with E-state index in [1.54, 1.807) is 0 Å². The fraction of sp³-hybridized carbons (Fsp3) is 0.294. The van der Waals surface area contributed by atoms with Gasteiger partial charge in [-0.15, -0.1) is 0 Å². The maximum Gasteiger partial charge on any atom is 0.164 e. The first-order valence-corrected chi connectivity index (χ1v) is 20.9. The lowest BCUT2D eigenvalue weighted by Gasteiger charge is -2.22. The Morgan fingerprint density at radius 2 is 0.667 bits per heavy atom. The van der Waals surface area contributed by atoms with Gasteiger partial charge in [0.2, 0.25) is 0 Å². The van der Waals surface area contributed by atoms with Crippen molar-refractivity contribution in [2.75, 3.05) is 0 Å². The molecule has 2 aliphatic rings. The summed E-state index contributed by atoms with van der Waals surface area (Å²) in [4.78, 5) is 31.0. The second-order valence-electron chi connectivity index (χ2n) is 16.1. The quantitative estimate of drug-likeness (QED) is 0.154. The van der Waals surface area contributed by atoms with Crippen LogP contribution in [0.25, 0.3) is 68.3 Å². The Kier molecular flexibility index (Phi) is 10.5. The third kappa shape index (κ3) is 7.78. The molecule has 0 N–H and O–H groups in total. The van der Waals surface area contributed by atoms with E-state index in [0.29, 0.717) is 46.8 Å². The Labute approximate surface area is 337 Å². The summed E-state index contributed by atoms with van der Waals surface area (Å²) < 4.78 is 0. The fourth-order valence-electron chi connectivity index (χ4n) is 9.22. The second-order valence-corrected chi connectivity index (χ2v) is 16.1. The van der Waals surface area contributed by atoms with E-state index in [4.69, 9.17) is 29.9 Å². The smallest absolute Gasteiger partial charge is 0.164 e. The van der Waals surface area contributed by atoms with Crippen LogP contribution >= 0.6 is 0 Å². The number of benzene rings is 5. The maximum absolute atomic E-state index is 5.23. The molecule has 0 aliphatic heterocycles. The molecule has 2 aliphatic carbocycles. The van der Waals surface area contributed by atoms with Gasteiger partial charge >= 0.3 is 0 Å². The van der Waals surface area contributed by atoms with Gasteiger partial charge in [-0.2, -0.15) is 0 Å². The number of hydrogen-bond acceptors (Lipinski definition) is 6. The van der Waals surface area contributed by atoms with Crippen molar-refractivity contribution in [3.63, 3.8) is 0 Å². The van der Waals surface area contributed by atoms with Gasteiger partial charge in [-0.3, -0.25) is 0 Å². The molecule has 2 fully saturated rings. The van der Waals surface area contributed by atoms with Crippen molar-refractivity contribution in [1.82, 2.24) is 29.9 Å². The molecule has 284 valence electrons. The minimum Gasteiger partial charge on any atom is -0.208 e. The van der Waals surface area contributed by atoms with Gasteiger partial charge in [0.05, 0.1) is 0 Å². The van der Waals surface area contributed by atoms with Crippen LogP contribution in [0.15, 0.2) is 115 Å². The van der Waals surface area contributed by atoms with Gasteiger partial charge in [0.15, 0.2) is 34.9 Å². The Bertz CT molecular complexity index is 2310.